The highest BCUT2D eigenvalue weighted by atomic mass is 32.2. The number of nitrogens with zero attached hydrogens (tertiary/aromatic N) is 2. The van der Waals surface area contributed by atoms with E-state index in [1.807, 2.05) is 18.4 Å². The van der Waals surface area contributed by atoms with Crippen molar-refractivity contribution in [1.29, 1.82) is 0 Å². The van der Waals surface area contributed by atoms with Gasteiger partial charge in [-0.05, 0) is 30.7 Å². The molecule has 2 aromatic heterocycles. The molecule has 0 unspecified atom stereocenters. The second-order valence-corrected chi connectivity index (χ2v) is 9.63. The maximum Gasteiger partial charge on any atom is 0.315 e. The lowest BCUT2D eigenvalue weighted by molar-refractivity contribution is 0.239. The lowest BCUT2D eigenvalue weighted by Gasteiger charge is -2.15. The van der Waals surface area contributed by atoms with Gasteiger partial charge in [0.25, 0.3) is 0 Å². The molecule has 10 heteroatoms. The van der Waals surface area contributed by atoms with Crippen molar-refractivity contribution in [1.82, 2.24) is 19.9 Å². The molecule has 0 aliphatic carbocycles. The smallest absolute Gasteiger partial charge is 0.315 e. The van der Waals surface area contributed by atoms with E-state index in [1.165, 1.54) is 31.5 Å². The molecule has 2 heterocycles. The summed E-state index contributed by atoms with van der Waals surface area (Å²) in [6, 6.07) is 9.74. The zero-order valence-electron chi connectivity index (χ0n) is 16.3. The van der Waals surface area contributed by atoms with Gasteiger partial charge in [-0.25, -0.2) is 22.5 Å². The zero-order valence-corrected chi connectivity index (χ0v) is 17.9. The first kappa shape index (κ1) is 21.0. The van der Waals surface area contributed by atoms with E-state index in [-0.39, 0.29) is 18.0 Å². The highest BCUT2D eigenvalue weighted by Gasteiger charge is 2.20. The summed E-state index contributed by atoms with van der Waals surface area (Å²) in [5.74, 6) is 1.24. The Hall–Kier alpha value is -2.69. The predicted molar refractivity (Wildman–Crippen MR) is 111 cm³/mol. The minimum atomic E-state index is -3.59. The van der Waals surface area contributed by atoms with Gasteiger partial charge in [-0.2, -0.15) is 0 Å². The number of thiazole rings is 1. The van der Waals surface area contributed by atoms with Crippen LogP contribution in [-0.4, -0.2) is 37.8 Å². The lowest BCUT2D eigenvalue weighted by Crippen LogP contribution is -2.35. The molecular weight excluding hydrogens is 412 g/mol. The maximum absolute atomic E-state index is 12.4. The topological polar surface area (TPSA) is 105 Å². The Balaban J connectivity index is 1.57. The van der Waals surface area contributed by atoms with Gasteiger partial charge in [-0.1, -0.05) is 18.2 Å². The summed E-state index contributed by atoms with van der Waals surface area (Å²) in [6.45, 7) is 2.20. The summed E-state index contributed by atoms with van der Waals surface area (Å²) in [7, 11) is -0.653. The van der Waals surface area contributed by atoms with Gasteiger partial charge in [-0.3, -0.25) is 0 Å². The van der Waals surface area contributed by atoms with E-state index >= 15 is 0 Å². The number of nitrogens with one attached hydrogen (secondary N) is 2. The number of hydrogen-bond acceptors (Lipinski definition) is 6. The number of urea groups is 1. The van der Waals surface area contributed by atoms with Crippen LogP contribution in [0.4, 0.5) is 4.79 Å². The van der Waals surface area contributed by atoms with E-state index in [2.05, 4.69) is 15.6 Å². The van der Waals surface area contributed by atoms with Gasteiger partial charge in [0, 0.05) is 26.0 Å². The molecule has 0 aliphatic heterocycles. The Kier molecular flexibility index (Phi) is 6.36. The molecule has 2 amide bonds. The highest BCUT2D eigenvalue weighted by molar-refractivity contribution is 7.89. The van der Waals surface area contributed by atoms with Gasteiger partial charge in [0.1, 0.15) is 11.5 Å². The van der Waals surface area contributed by atoms with Crippen LogP contribution in [-0.2, 0) is 23.1 Å². The fourth-order valence-electron chi connectivity index (χ4n) is 2.59. The van der Waals surface area contributed by atoms with Crippen molar-refractivity contribution in [3.8, 4) is 11.5 Å². The first-order valence-electron chi connectivity index (χ1n) is 8.80. The normalized spacial score (nSPS) is 11.6. The molecule has 154 valence electrons. The zero-order chi connectivity index (χ0) is 21.0. The van der Waals surface area contributed by atoms with E-state index in [9.17, 15) is 13.2 Å². The molecule has 0 bridgehead atoms. The molecule has 0 radical (unpaired) electrons. The summed E-state index contributed by atoms with van der Waals surface area (Å²) in [5.41, 5.74) is 1.28. The number of aryl methyl sites for hydroxylation is 1. The number of carbonyl (C=O) groups excluding carboxylic acids is 1. The van der Waals surface area contributed by atoms with E-state index < -0.39 is 16.1 Å². The molecule has 0 aliphatic rings. The van der Waals surface area contributed by atoms with E-state index in [0.717, 1.165) is 15.0 Å². The molecular formula is C19H22N4O4S2. The average molecular weight is 435 g/mol. The Morgan fingerprint density at radius 2 is 1.86 bits per heavy atom. The van der Waals surface area contributed by atoms with Crippen molar-refractivity contribution in [2.24, 2.45) is 0 Å². The van der Waals surface area contributed by atoms with Crippen molar-refractivity contribution in [3.05, 3.63) is 58.1 Å². The molecule has 0 fully saturated rings. The van der Waals surface area contributed by atoms with E-state index in [4.69, 9.17) is 4.42 Å². The second kappa shape index (κ2) is 8.76. The van der Waals surface area contributed by atoms with Gasteiger partial charge in [-0.15, -0.1) is 11.3 Å². The summed E-state index contributed by atoms with van der Waals surface area (Å²) in [4.78, 5) is 16.7. The Bertz CT molecular complexity index is 1100. The van der Waals surface area contributed by atoms with Crippen LogP contribution in [0.3, 0.4) is 0 Å². The number of hydrogen-bond donors (Lipinski definition) is 2. The Morgan fingerprint density at radius 3 is 2.55 bits per heavy atom. The molecule has 0 spiro atoms. The monoisotopic (exact) mass is 434 g/mol. The fraction of sp³-hybridized carbons (Fsp3) is 0.263. The first-order valence-corrected chi connectivity index (χ1v) is 11.1. The van der Waals surface area contributed by atoms with Gasteiger partial charge in [0.05, 0.1) is 16.4 Å². The summed E-state index contributed by atoms with van der Waals surface area (Å²) in [5, 5.41) is 8.24. The van der Waals surface area contributed by atoms with Crippen molar-refractivity contribution in [3.63, 3.8) is 0 Å². The van der Waals surface area contributed by atoms with Crippen LogP contribution in [0.25, 0.3) is 11.5 Å². The summed E-state index contributed by atoms with van der Waals surface area (Å²) in [6.07, 6.45) is 0. The molecule has 3 aromatic rings. The van der Waals surface area contributed by atoms with Crippen LogP contribution in [0.5, 0.6) is 0 Å². The SMILES string of the molecule is Cc1nc(-c2ccc(CNC(=O)NCc3ccccc3S(=O)(=O)N(C)C)o2)cs1. The maximum atomic E-state index is 12.4. The third kappa shape index (κ3) is 5.03. The van der Waals surface area contributed by atoms with Crippen molar-refractivity contribution in [2.45, 2.75) is 24.9 Å². The van der Waals surface area contributed by atoms with Crippen LogP contribution in [0.15, 0.2) is 51.1 Å². The molecule has 0 saturated carbocycles. The minimum absolute atomic E-state index is 0.0799. The highest BCUT2D eigenvalue weighted by Crippen LogP contribution is 2.23. The largest absolute Gasteiger partial charge is 0.458 e. The summed E-state index contributed by atoms with van der Waals surface area (Å²) < 4.78 is 31.7. The number of benzene rings is 1. The molecule has 3 rings (SSSR count). The van der Waals surface area contributed by atoms with Crippen LogP contribution in [0.2, 0.25) is 0 Å². The van der Waals surface area contributed by atoms with Crippen LogP contribution in [0.1, 0.15) is 16.3 Å². The van der Waals surface area contributed by atoms with Crippen molar-refractivity contribution in [2.75, 3.05) is 14.1 Å². The number of sulfonamides is 1. The third-order valence-corrected chi connectivity index (χ3v) is 6.82. The van der Waals surface area contributed by atoms with Gasteiger partial charge >= 0.3 is 6.03 Å². The van der Waals surface area contributed by atoms with Crippen LogP contribution in [0, 0.1) is 6.92 Å². The molecule has 29 heavy (non-hydrogen) atoms. The van der Waals surface area contributed by atoms with Crippen LogP contribution < -0.4 is 10.6 Å². The number of aromatic nitrogens is 1. The quantitative estimate of drug-likeness (QED) is 0.595. The average Bonchev–Trinajstić information content (AvgIpc) is 3.33. The fourth-order valence-corrected chi connectivity index (χ4v) is 4.31. The van der Waals surface area contributed by atoms with Crippen LogP contribution >= 0.6 is 11.3 Å². The second-order valence-electron chi connectivity index (χ2n) is 6.45. The standard InChI is InChI=1S/C19H22N4O4S2/c1-13-22-16(12-28-13)17-9-8-15(27-17)11-21-19(24)20-10-14-6-4-5-7-18(14)29(25,26)23(2)3/h4-9,12H,10-11H2,1-3H3,(H2,20,21,24). The molecule has 0 saturated heterocycles. The molecule has 8 nitrogen and oxygen atoms in total. The van der Waals surface area contributed by atoms with Gasteiger partial charge < -0.3 is 15.1 Å². The number of furan rings is 1. The van der Waals surface area contributed by atoms with Crippen molar-refractivity contribution < 1.29 is 17.6 Å². The Morgan fingerprint density at radius 1 is 1.14 bits per heavy atom. The molecule has 2 N–H and O–H groups in total. The van der Waals surface area contributed by atoms with Gasteiger partial charge in [0.2, 0.25) is 10.0 Å². The lowest BCUT2D eigenvalue weighted by atomic mass is 10.2. The molecule has 1 aromatic carbocycles. The number of amides is 2. The molecule has 0 atom stereocenters. The van der Waals surface area contributed by atoms with E-state index in [0.29, 0.717) is 17.1 Å². The van der Waals surface area contributed by atoms with Crippen molar-refractivity contribution >= 4 is 27.4 Å². The minimum Gasteiger partial charge on any atom is -0.458 e. The van der Waals surface area contributed by atoms with E-state index in [1.54, 1.807) is 24.3 Å². The third-order valence-electron chi connectivity index (χ3n) is 4.13. The Labute approximate surface area is 173 Å². The summed E-state index contributed by atoms with van der Waals surface area (Å²) >= 11 is 1.54. The predicted octanol–water partition coefficient (Wildman–Crippen LogP) is 2.96. The number of carbonyl (C=O) groups is 1. The number of rotatable bonds is 7. The first-order chi connectivity index (χ1) is 13.8. The van der Waals surface area contributed by atoms with Gasteiger partial charge in [0.15, 0.2) is 5.76 Å².